The predicted molar refractivity (Wildman–Crippen MR) is 301 cm³/mol. The van der Waals surface area contributed by atoms with E-state index in [0.717, 1.165) is 51.6 Å². The van der Waals surface area contributed by atoms with Crippen LogP contribution in [0.4, 0.5) is 4.79 Å². The van der Waals surface area contributed by atoms with Crippen molar-refractivity contribution in [3.05, 3.63) is 72.9 Å². The molecule has 390 valence electrons. The highest BCUT2D eigenvalue weighted by atomic mass is 16.6. The quantitative estimate of drug-likeness (QED) is 0.0450. The number of unbranched alkanes of at least 4 members (excludes halogenated alkanes) is 27. The van der Waals surface area contributed by atoms with Crippen LogP contribution in [0.2, 0.25) is 0 Å². The van der Waals surface area contributed by atoms with E-state index >= 15 is 0 Å². The zero-order valence-electron chi connectivity index (χ0n) is 46.0. The Balaban J connectivity index is 5.13. The number of carbonyl (C=O) groups is 1. The number of carbonyl (C=O) groups excluding carboxylic acids is 1. The van der Waals surface area contributed by atoms with Gasteiger partial charge in [-0.3, -0.25) is 0 Å². The second-order valence-electron chi connectivity index (χ2n) is 20.4. The molecule has 1 amide bonds. The van der Waals surface area contributed by atoms with Crippen LogP contribution in [0.5, 0.6) is 0 Å². The van der Waals surface area contributed by atoms with Crippen LogP contribution in [0.3, 0.4) is 0 Å². The highest BCUT2D eigenvalue weighted by Crippen LogP contribution is 2.28. The number of allylic oxidation sites excluding steroid dienone is 12. The third kappa shape index (κ3) is 49.9. The molecular formula is C63H116N2O2. The molecule has 0 aliphatic carbocycles. The fourth-order valence-corrected chi connectivity index (χ4v) is 8.97. The number of amides is 1. The molecule has 67 heavy (non-hydrogen) atoms. The molecule has 0 radical (unpaired) electrons. The SMILES string of the molecule is CCCCC/C=C\C/C=C\CCCCCCCCC(CCCCCCCC/C=C\C/C=C\CCCCC)C(CCCCCCCC/C=C\C/C=C\CCCCC)OC(=O)N(C)CCCN(C)C. The highest BCUT2D eigenvalue weighted by Gasteiger charge is 2.26. The number of ether oxygens (including phenoxy) is 1. The van der Waals surface area contributed by atoms with Crippen LogP contribution >= 0.6 is 0 Å². The van der Waals surface area contributed by atoms with Crippen LogP contribution in [-0.2, 0) is 4.74 Å². The number of hydrogen-bond acceptors (Lipinski definition) is 3. The molecule has 0 aromatic heterocycles. The number of nitrogens with zero attached hydrogens (tertiary/aromatic N) is 2. The van der Waals surface area contributed by atoms with Crippen molar-refractivity contribution in [1.82, 2.24) is 9.80 Å². The van der Waals surface area contributed by atoms with Gasteiger partial charge in [-0.25, -0.2) is 4.79 Å². The molecule has 1 atom stereocenters. The summed E-state index contributed by atoms with van der Waals surface area (Å²) in [5.74, 6) is 0.466. The van der Waals surface area contributed by atoms with E-state index in [1.165, 1.54) is 218 Å². The summed E-state index contributed by atoms with van der Waals surface area (Å²) in [4.78, 5) is 17.7. The van der Waals surface area contributed by atoms with Crippen LogP contribution in [0.25, 0.3) is 0 Å². The minimum absolute atomic E-state index is 0.0329. The van der Waals surface area contributed by atoms with Crippen LogP contribution in [0, 0.1) is 5.92 Å². The molecule has 0 rings (SSSR count). The molecule has 0 aliphatic heterocycles. The maximum absolute atomic E-state index is 13.6. The third-order valence-corrected chi connectivity index (χ3v) is 13.4. The van der Waals surface area contributed by atoms with Gasteiger partial charge in [0.15, 0.2) is 0 Å². The second kappa shape index (κ2) is 54.6. The standard InChI is InChI=1S/C63H116N2O2/c1-7-10-13-16-19-22-25-28-31-34-37-40-43-46-49-52-56-61(57-53-50-47-44-41-38-35-32-29-26-23-20-17-14-11-8-2)62(67-63(66)65(6)60-55-59-64(4)5)58-54-51-48-45-42-39-36-33-30-27-24-21-18-15-12-9-3/h19-24,28-33,61-62H,7-18,25-27,34-60H2,1-6H3/b22-19-,23-20-,24-21-,31-28-,32-29-,33-30-. The molecule has 0 saturated carbocycles. The Kier molecular flexibility index (Phi) is 52.7. The smallest absolute Gasteiger partial charge is 0.409 e. The molecule has 0 N–H and O–H groups in total. The van der Waals surface area contributed by atoms with Crippen LogP contribution in [0.15, 0.2) is 72.9 Å². The Morgan fingerprint density at radius 2 is 0.657 bits per heavy atom. The van der Waals surface area contributed by atoms with Crippen molar-refractivity contribution in [3.63, 3.8) is 0 Å². The number of hydrogen-bond donors (Lipinski definition) is 0. The van der Waals surface area contributed by atoms with Crippen molar-refractivity contribution < 1.29 is 9.53 Å². The van der Waals surface area contributed by atoms with Gasteiger partial charge in [0.2, 0.25) is 0 Å². The van der Waals surface area contributed by atoms with Crippen molar-refractivity contribution in [3.8, 4) is 0 Å². The van der Waals surface area contributed by atoms with E-state index in [0.29, 0.717) is 5.92 Å². The van der Waals surface area contributed by atoms with Crippen molar-refractivity contribution in [2.24, 2.45) is 5.92 Å². The van der Waals surface area contributed by atoms with Crippen LogP contribution < -0.4 is 0 Å². The maximum atomic E-state index is 13.6. The molecule has 0 spiro atoms. The van der Waals surface area contributed by atoms with Crippen LogP contribution in [-0.4, -0.2) is 56.2 Å². The molecule has 1 unspecified atom stereocenters. The first-order chi connectivity index (χ1) is 33.0. The minimum atomic E-state index is -0.108. The molecule has 0 bridgehead atoms. The molecule has 0 aromatic rings. The van der Waals surface area contributed by atoms with E-state index in [9.17, 15) is 4.79 Å². The first-order valence-corrected chi connectivity index (χ1v) is 29.4. The summed E-state index contributed by atoms with van der Waals surface area (Å²) in [6, 6.07) is 0. The van der Waals surface area contributed by atoms with Gasteiger partial charge in [-0.15, -0.1) is 0 Å². The molecule has 4 heteroatoms. The summed E-state index contributed by atoms with van der Waals surface area (Å²) in [5.41, 5.74) is 0. The fraction of sp³-hybridized carbons (Fsp3) is 0.794. The Bertz CT molecular complexity index is 1130. The van der Waals surface area contributed by atoms with E-state index in [1.54, 1.807) is 0 Å². The van der Waals surface area contributed by atoms with E-state index in [2.05, 4.69) is 113 Å². The lowest BCUT2D eigenvalue weighted by molar-refractivity contribution is 0.0264. The monoisotopic (exact) mass is 933 g/mol. The van der Waals surface area contributed by atoms with Crippen molar-refractivity contribution in [2.45, 2.75) is 284 Å². The molecule has 0 fully saturated rings. The van der Waals surface area contributed by atoms with Crippen molar-refractivity contribution >= 4 is 6.09 Å². The van der Waals surface area contributed by atoms with E-state index in [1.807, 2.05) is 11.9 Å². The largest absolute Gasteiger partial charge is 0.446 e. The number of rotatable bonds is 51. The van der Waals surface area contributed by atoms with E-state index < -0.39 is 0 Å². The Hall–Kier alpha value is -2.33. The van der Waals surface area contributed by atoms with E-state index in [4.69, 9.17) is 4.74 Å². The van der Waals surface area contributed by atoms with Crippen LogP contribution in [0.1, 0.15) is 278 Å². The average Bonchev–Trinajstić information content (AvgIpc) is 3.32. The second-order valence-corrected chi connectivity index (χ2v) is 20.4. The van der Waals surface area contributed by atoms with Gasteiger partial charge in [0.1, 0.15) is 6.10 Å². The van der Waals surface area contributed by atoms with Gasteiger partial charge >= 0.3 is 6.09 Å². The summed E-state index contributed by atoms with van der Waals surface area (Å²) in [6.45, 7) is 8.55. The van der Waals surface area contributed by atoms with Gasteiger partial charge in [-0.2, -0.15) is 0 Å². The molecule has 4 nitrogen and oxygen atoms in total. The predicted octanol–water partition coefficient (Wildman–Crippen LogP) is 20.6. The molecular weight excluding hydrogens is 817 g/mol. The molecule has 0 heterocycles. The zero-order valence-corrected chi connectivity index (χ0v) is 46.0. The summed E-state index contributed by atoms with van der Waals surface area (Å²) in [6.07, 6.45) is 78.5. The minimum Gasteiger partial charge on any atom is -0.446 e. The van der Waals surface area contributed by atoms with Gasteiger partial charge in [0.25, 0.3) is 0 Å². The zero-order chi connectivity index (χ0) is 48.8. The lowest BCUT2D eigenvalue weighted by Gasteiger charge is -2.30. The molecule has 0 aliphatic rings. The molecule has 0 saturated heterocycles. The lowest BCUT2D eigenvalue weighted by Crippen LogP contribution is -2.36. The maximum Gasteiger partial charge on any atom is 0.409 e. The van der Waals surface area contributed by atoms with Crippen molar-refractivity contribution in [2.75, 3.05) is 34.2 Å². The third-order valence-electron chi connectivity index (χ3n) is 13.4. The fourth-order valence-electron chi connectivity index (χ4n) is 8.97. The first kappa shape index (κ1) is 64.7. The van der Waals surface area contributed by atoms with Gasteiger partial charge in [-0.05, 0) is 155 Å². The van der Waals surface area contributed by atoms with Gasteiger partial charge in [0.05, 0.1) is 0 Å². The average molecular weight is 934 g/mol. The summed E-state index contributed by atoms with van der Waals surface area (Å²) in [7, 11) is 6.15. The summed E-state index contributed by atoms with van der Waals surface area (Å²) >= 11 is 0. The first-order valence-electron chi connectivity index (χ1n) is 29.4. The normalized spacial score (nSPS) is 13.0. The van der Waals surface area contributed by atoms with Gasteiger partial charge in [0, 0.05) is 13.6 Å². The topological polar surface area (TPSA) is 32.8 Å². The van der Waals surface area contributed by atoms with Crippen molar-refractivity contribution in [1.29, 1.82) is 0 Å². The summed E-state index contributed by atoms with van der Waals surface area (Å²) in [5, 5.41) is 0. The Morgan fingerprint density at radius 3 is 0.985 bits per heavy atom. The van der Waals surface area contributed by atoms with E-state index in [-0.39, 0.29) is 12.2 Å². The molecule has 0 aromatic carbocycles. The lowest BCUT2D eigenvalue weighted by atomic mass is 9.87. The summed E-state index contributed by atoms with van der Waals surface area (Å²) < 4.78 is 6.55. The Morgan fingerprint density at radius 1 is 0.358 bits per heavy atom. The van der Waals surface area contributed by atoms with Gasteiger partial charge < -0.3 is 14.5 Å². The highest BCUT2D eigenvalue weighted by molar-refractivity contribution is 5.67. The Labute approximate surface area is 420 Å². The van der Waals surface area contributed by atoms with Gasteiger partial charge in [-0.1, -0.05) is 222 Å².